The minimum absolute atomic E-state index is 0.259. The van der Waals surface area contributed by atoms with Gasteiger partial charge in [0, 0.05) is 11.1 Å². The normalized spacial score (nSPS) is 13.0. The van der Waals surface area contributed by atoms with Crippen LogP contribution in [-0.4, -0.2) is 21.8 Å². The van der Waals surface area contributed by atoms with Crippen LogP contribution in [0.2, 0.25) is 0 Å². The zero-order valence-electron chi connectivity index (χ0n) is 8.51. The molecular weight excluding hydrogens is 190 g/mol. The van der Waals surface area contributed by atoms with E-state index in [2.05, 4.69) is 4.98 Å². The largest absolute Gasteiger partial charge is 0.393 e. The number of pyridine rings is 1. The van der Waals surface area contributed by atoms with Crippen molar-refractivity contribution in [1.82, 2.24) is 4.98 Å². The van der Waals surface area contributed by atoms with Gasteiger partial charge in [0.15, 0.2) is 0 Å². The molecule has 1 atom stereocenters. The van der Waals surface area contributed by atoms with Crippen molar-refractivity contribution >= 4 is 10.9 Å². The molecule has 0 saturated carbocycles. The molecule has 1 aromatic carbocycles. The Morgan fingerprint density at radius 3 is 2.80 bits per heavy atom. The standard InChI is InChI=1S/C12H13NO2/c1-8-2-3-9-6-10(12(15)7-14)4-5-11(9)13-8/h2-6,12,14-15H,7H2,1H3. The third-order valence-electron chi connectivity index (χ3n) is 2.41. The van der Waals surface area contributed by atoms with Gasteiger partial charge in [0.25, 0.3) is 0 Å². The number of aryl methyl sites for hydroxylation is 1. The number of benzene rings is 1. The van der Waals surface area contributed by atoms with Crippen LogP contribution in [0.4, 0.5) is 0 Å². The maximum Gasteiger partial charge on any atom is 0.102 e. The lowest BCUT2D eigenvalue weighted by Gasteiger charge is -2.08. The van der Waals surface area contributed by atoms with Crippen LogP contribution in [0.15, 0.2) is 30.3 Å². The molecular formula is C12H13NO2. The average Bonchev–Trinajstić information content (AvgIpc) is 2.27. The number of aliphatic hydroxyl groups excluding tert-OH is 2. The van der Waals surface area contributed by atoms with Gasteiger partial charge in [-0.1, -0.05) is 12.1 Å². The summed E-state index contributed by atoms with van der Waals surface area (Å²) in [5.41, 5.74) is 2.59. The first-order valence-corrected chi connectivity index (χ1v) is 4.87. The highest BCUT2D eigenvalue weighted by Crippen LogP contribution is 2.19. The number of rotatable bonds is 2. The molecule has 2 rings (SSSR count). The van der Waals surface area contributed by atoms with Crippen LogP contribution in [0, 0.1) is 6.92 Å². The molecule has 1 heterocycles. The fourth-order valence-electron chi connectivity index (χ4n) is 1.56. The summed E-state index contributed by atoms with van der Waals surface area (Å²) in [6.07, 6.45) is -0.810. The fraction of sp³-hybridized carbons (Fsp3) is 0.250. The second-order valence-electron chi connectivity index (χ2n) is 3.60. The molecule has 0 aliphatic carbocycles. The molecule has 0 fully saturated rings. The number of hydrogen-bond donors (Lipinski definition) is 2. The van der Waals surface area contributed by atoms with Gasteiger partial charge in [0.2, 0.25) is 0 Å². The van der Waals surface area contributed by atoms with Gasteiger partial charge in [-0.3, -0.25) is 4.98 Å². The summed E-state index contributed by atoms with van der Waals surface area (Å²) in [6, 6.07) is 9.39. The zero-order chi connectivity index (χ0) is 10.8. The van der Waals surface area contributed by atoms with Crippen molar-refractivity contribution in [2.75, 3.05) is 6.61 Å². The smallest absolute Gasteiger partial charge is 0.102 e. The maximum atomic E-state index is 9.47. The van der Waals surface area contributed by atoms with Crippen LogP contribution in [0.5, 0.6) is 0 Å². The summed E-state index contributed by atoms with van der Waals surface area (Å²) in [4.78, 5) is 4.36. The number of aromatic nitrogens is 1. The maximum absolute atomic E-state index is 9.47. The van der Waals surface area contributed by atoms with E-state index < -0.39 is 6.10 Å². The first-order chi connectivity index (χ1) is 7.20. The van der Waals surface area contributed by atoms with E-state index in [0.29, 0.717) is 0 Å². The number of fused-ring (bicyclic) bond motifs is 1. The highest BCUT2D eigenvalue weighted by molar-refractivity contribution is 5.79. The minimum atomic E-state index is -0.810. The summed E-state index contributed by atoms with van der Waals surface area (Å²) < 4.78 is 0. The quantitative estimate of drug-likeness (QED) is 0.779. The van der Waals surface area contributed by atoms with E-state index in [0.717, 1.165) is 22.2 Å². The molecule has 3 nitrogen and oxygen atoms in total. The molecule has 0 radical (unpaired) electrons. The van der Waals surface area contributed by atoms with Crippen molar-refractivity contribution in [3.8, 4) is 0 Å². The minimum Gasteiger partial charge on any atom is -0.393 e. The molecule has 2 aromatic rings. The molecule has 2 N–H and O–H groups in total. The highest BCUT2D eigenvalue weighted by atomic mass is 16.3. The van der Waals surface area contributed by atoms with Crippen LogP contribution in [0.1, 0.15) is 17.4 Å². The van der Waals surface area contributed by atoms with E-state index in [1.54, 1.807) is 6.07 Å². The number of aliphatic hydroxyl groups is 2. The Balaban J connectivity index is 2.52. The third kappa shape index (κ3) is 1.98. The van der Waals surface area contributed by atoms with Gasteiger partial charge in [-0.15, -0.1) is 0 Å². The second kappa shape index (κ2) is 3.96. The molecule has 0 aliphatic heterocycles. The number of nitrogens with zero attached hydrogens (tertiary/aromatic N) is 1. The van der Waals surface area contributed by atoms with Gasteiger partial charge in [0.05, 0.1) is 12.1 Å². The summed E-state index contributed by atoms with van der Waals surface area (Å²) in [7, 11) is 0. The summed E-state index contributed by atoms with van der Waals surface area (Å²) >= 11 is 0. The first kappa shape index (κ1) is 10.1. The lowest BCUT2D eigenvalue weighted by molar-refractivity contribution is 0.0957. The van der Waals surface area contributed by atoms with Crippen LogP contribution in [-0.2, 0) is 0 Å². The Bertz CT molecular complexity index is 482. The molecule has 3 heteroatoms. The Kier molecular flexibility index (Phi) is 2.66. The summed E-state index contributed by atoms with van der Waals surface area (Å²) in [6.45, 7) is 1.68. The van der Waals surface area contributed by atoms with Crippen molar-refractivity contribution in [3.05, 3.63) is 41.6 Å². The Labute approximate surface area is 88.0 Å². The third-order valence-corrected chi connectivity index (χ3v) is 2.41. The summed E-state index contributed by atoms with van der Waals surface area (Å²) in [5.74, 6) is 0. The van der Waals surface area contributed by atoms with Crippen LogP contribution < -0.4 is 0 Å². The molecule has 0 aliphatic rings. The molecule has 0 spiro atoms. The van der Waals surface area contributed by atoms with Crippen LogP contribution >= 0.6 is 0 Å². The zero-order valence-corrected chi connectivity index (χ0v) is 8.51. The van der Waals surface area contributed by atoms with Gasteiger partial charge in [-0.25, -0.2) is 0 Å². The predicted octanol–water partition coefficient (Wildman–Crippen LogP) is 1.57. The van der Waals surface area contributed by atoms with Gasteiger partial charge < -0.3 is 10.2 Å². The predicted molar refractivity (Wildman–Crippen MR) is 58.5 cm³/mol. The van der Waals surface area contributed by atoms with Crippen molar-refractivity contribution in [3.63, 3.8) is 0 Å². The van der Waals surface area contributed by atoms with E-state index in [9.17, 15) is 5.11 Å². The van der Waals surface area contributed by atoms with Crippen molar-refractivity contribution in [2.24, 2.45) is 0 Å². The molecule has 0 saturated heterocycles. The van der Waals surface area contributed by atoms with Crippen molar-refractivity contribution < 1.29 is 10.2 Å². The first-order valence-electron chi connectivity index (χ1n) is 4.87. The monoisotopic (exact) mass is 203 g/mol. The lowest BCUT2D eigenvalue weighted by Crippen LogP contribution is -2.02. The number of hydrogen-bond acceptors (Lipinski definition) is 3. The Morgan fingerprint density at radius 1 is 1.27 bits per heavy atom. The van der Waals surface area contributed by atoms with Crippen LogP contribution in [0.25, 0.3) is 10.9 Å². The fourth-order valence-corrected chi connectivity index (χ4v) is 1.56. The van der Waals surface area contributed by atoms with Gasteiger partial charge >= 0.3 is 0 Å². The lowest BCUT2D eigenvalue weighted by atomic mass is 10.1. The van der Waals surface area contributed by atoms with E-state index >= 15 is 0 Å². The van der Waals surface area contributed by atoms with E-state index in [1.807, 2.05) is 31.2 Å². The van der Waals surface area contributed by atoms with Crippen molar-refractivity contribution in [1.29, 1.82) is 0 Å². The SMILES string of the molecule is Cc1ccc2cc(C(O)CO)ccc2n1. The van der Waals surface area contributed by atoms with E-state index in [1.165, 1.54) is 0 Å². The Morgan fingerprint density at radius 2 is 2.07 bits per heavy atom. The second-order valence-corrected chi connectivity index (χ2v) is 3.60. The van der Waals surface area contributed by atoms with Crippen molar-refractivity contribution in [2.45, 2.75) is 13.0 Å². The van der Waals surface area contributed by atoms with Gasteiger partial charge in [-0.05, 0) is 30.7 Å². The van der Waals surface area contributed by atoms with E-state index in [-0.39, 0.29) is 6.61 Å². The van der Waals surface area contributed by atoms with Gasteiger partial charge in [0.1, 0.15) is 6.10 Å². The molecule has 1 aromatic heterocycles. The van der Waals surface area contributed by atoms with Crippen LogP contribution in [0.3, 0.4) is 0 Å². The average molecular weight is 203 g/mol. The highest BCUT2D eigenvalue weighted by Gasteiger charge is 2.06. The molecule has 15 heavy (non-hydrogen) atoms. The summed E-state index contributed by atoms with van der Waals surface area (Å²) in [5, 5.41) is 19.3. The topological polar surface area (TPSA) is 53.4 Å². The molecule has 78 valence electrons. The molecule has 1 unspecified atom stereocenters. The molecule has 0 bridgehead atoms. The molecule has 0 amide bonds. The van der Waals surface area contributed by atoms with E-state index in [4.69, 9.17) is 5.11 Å². The van der Waals surface area contributed by atoms with Gasteiger partial charge in [-0.2, -0.15) is 0 Å². The Hall–Kier alpha value is -1.45.